The number of para-hydroxylation sites is 1. The molecule has 178 valence electrons. The Morgan fingerprint density at radius 1 is 0.889 bits per heavy atom. The van der Waals surface area contributed by atoms with Gasteiger partial charge in [-0.05, 0) is 41.6 Å². The minimum absolute atomic E-state index is 0.103. The molecule has 2 N–H and O–H groups in total. The van der Waals surface area contributed by atoms with Crippen molar-refractivity contribution in [3.05, 3.63) is 131 Å². The summed E-state index contributed by atoms with van der Waals surface area (Å²) in [5.74, 6) is -0.798. The van der Waals surface area contributed by atoms with Crippen LogP contribution < -0.4 is 10.9 Å². The van der Waals surface area contributed by atoms with Crippen LogP contribution in [0.4, 0.5) is 5.69 Å². The number of rotatable bonds is 7. The van der Waals surface area contributed by atoms with Gasteiger partial charge in [0.05, 0.1) is 11.6 Å². The molecule has 0 fully saturated rings. The van der Waals surface area contributed by atoms with Crippen molar-refractivity contribution in [2.24, 2.45) is 7.05 Å². The summed E-state index contributed by atoms with van der Waals surface area (Å²) < 4.78 is 1.39. The van der Waals surface area contributed by atoms with Crippen molar-refractivity contribution in [2.75, 3.05) is 5.32 Å². The molecule has 0 spiro atoms. The Labute approximate surface area is 209 Å². The third-order valence-corrected chi connectivity index (χ3v) is 6.48. The van der Waals surface area contributed by atoms with E-state index < -0.39 is 11.3 Å². The lowest BCUT2D eigenvalue weighted by Crippen LogP contribution is -2.24. The maximum atomic E-state index is 13.1. The smallest absolute Gasteiger partial charge is 0.265 e. The standard InChI is InChI=1S/C31H26N2O3/c1-33-27-19-8-7-16-24(27)30(35)29(31(33)36)28(34)20-10-17-25(22-12-3-2-4-13-22)32-26-18-9-14-21-11-5-6-15-23(21)26/h2-16,18-20,25,32,35H,17H2,1H3/b20-10+/t25-/m0/s1. The molecule has 36 heavy (non-hydrogen) atoms. The summed E-state index contributed by atoms with van der Waals surface area (Å²) in [7, 11) is 1.60. The number of aromatic hydroxyl groups is 1. The van der Waals surface area contributed by atoms with E-state index in [9.17, 15) is 14.7 Å². The predicted molar refractivity (Wildman–Crippen MR) is 146 cm³/mol. The van der Waals surface area contributed by atoms with Crippen molar-refractivity contribution in [2.45, 2.75) is 12.5 Å². The minimum Gasteiger partial charge on any atom is -0.506 e. The number of carbonyl (C=O) groups excluding carboxylic acids is 1. The Kier molecular flexibility index (Phi) is 6.37. The monoisotopic (exact) mass is 474 g/mol. The number of ketones is 1. The zero-order valence-corrected chi connectivity index (χ0v) is 19.9. The molecule has 0 saturated carbocycles. The second-order valence-corrected chi connectivity index (χ2v) is 8.74. The SMILES string of the molecule is Cn1c(=O)c(C(=O)/C=C/C[C@H](Nc2cccc3ccccc23)c2ccccc2)c(O)c2ccccc21. The number of hydrogen-bond acceptors (Lipinski definition) is 4. The topological polar surface area (TPSA) is 71.3 Å². The highest BCUT2D eigenvalue weighted by atomic mass is 16.3. The number of aryl methyl sites for hydroxylation is 1. The molecule has 0 saturated heterocycles. The number of anilines is 1. The van der Waals surface area contributed by atoms with Crippen molar-refractivity contribution < 1.29 is 9.90 Å². The van der Waals surface area contributed by atoms with Gasteiger partial charge in [-0.3, -0.25) is 9.59 Å². The van der Waals surface area contributed by atoms with E-state index in [1.807, 2.05) is 54.6 Å². The first-order valence-corrected chi connectivity index (χ1v) is 11.9. The van der Waals surface area contributed by atoms with Crippen molar-refractivity contribution in [1.29, 1.82) is 0 Å². The summed E-state index contributed by atoms with van der Waals surface area (Å²) in [5, 5.41) is 17.1. The summed E-state index contributed by atoms with van der Waals surface area (Å²) >= 11 is 0. The van der Waals surface area contributed by atoms with E-state index >= 15 is 0 Å². The Morgan fingerprint density at radius 2 is 1.56 bits per heavy atom. The largest absolute Gasteiger partial charge is 0.506 e. The molecule has 0 aliphatic carbocycles. The van der Waals surface area contributed by atoms with E-state index in [1.165, 1.54) is 10.6 Å². The van der Waals surface area contributed by atoms with Gasteiger partial charge in [0.2, 0.25) is 0 Å². The van der Waals surface area contributed by atoms with Gasteiger partial charge in [0.25, 0.3) is 5.56 Å². The molecule has 1 aromatic heterocycles. The summed E-state index contributed by atoms with van der Waals surface area (Å²) in [5.41, 5.74) is 1.92. The molecule has 0 aliphatic rings. The Morgan fingerprint density at radius 3 is 2.36 bits per heavy atom. The Bertz CT molecular complexity index is 1650. The highest BCUT2D eigenvalue weighted by Crippen LogP contribution is 2.30. The number of carbonyl (C=O) groups is 1. The molecule has 0 radical (unpaired) electrons. The van der Waals surface area contributed by atoms with E-state index in [2.05, 4.69) is 23.5 Å². The van der Waals surface area contributed by atoms with Gasteiger partial charge in [-0.15, -0.1) is 0 Å². The van der Waals surface area contributed by atoms with Crippen molar-refractivity contribution in [3.8, 4) is 5.75 Å². The van der Waals surface area contributed by atoms with Gasteiger partial charge < -0.3 is 15.0 Å². The van der Waals surface area contributed by atoms with Crippen LogP contribution in [-0.4, -0.2) is 15.5 Å². The van der Waals surface area contributed by atoms with E-state index in [-0.39, 0.29) is 17.4 Å². The van der Waals surface area contributed by atoms with Crippen LogP contribution in [0, 0.1) is 0 Å². The predicted octanol–water partition coefficient (Wildman–Crippen LogP) is 6.38. The number of aromatic nitrogens is 1. The molecule has 4 aromatic carbocycles. The number of hydrogen-bond donors (Lipinski definition) is 2. The molecule has 5 nitrogen and oxygen atoms in total. The number of pyridine rings is 1. The van der Waals surface area contributed by atoms with Gasteiger partial charge in [0, 0.05) is 23.5 Å². The molecule has 5 aromatic rings. The van der Waals surface area contributed by atoms with Crippen LogP contribution in [0.2, 0.25) is 0 Å². The quantitative estimate of drug-likeness (QED) is 0.212. The summed E-state index contributed by atoms with van der Waals surface area (Å²) in [4.78, 5) is 25.9. The lowest BCUT2D eigenvalue weighted by Gasteiger charge is -2.20. The van der Waals surface area contributed by atoms with E-state index in [0.717, 1.165) is 22.0 Å². The minimum atomic E-state index is -0.519. The van der Waals surface area contributed by atoms with Crippen LogP contribution in [0.25, 0.3) is 21.7 Å². The van der Waals surface area contributed by atoms with Crippen LogP contribution in [0.5, 0.6) is 5.75 Å². The number of fused-ring (bicyclic) bond motifs is 2. The highest BCUT2D eigenvalue weighted by Gasteiger charge is 2.19. The van der Waals surface area contributed by atoms with Gasteiger partial charge in [-0.1, -0.05) is 84.9 Å². The van der Waals surface area contributed by atoms with Gasteiger partial charge >= 0.3 is 0 Å². The van der Waals surface area contributed by atoms with Crippen molar-refractivity contribution in [3.63, 3.8) is 0 Å². The fourth-order valence-corrected chi connectivity index (χ4v) is 4.60. The van der Waals surface area contributed by atoms with E-state index in [0.29, 0.717) is 17.3 Å². The van der Waals surface area contributed by atoms with Crippen molar-refractivity contribution >= 4 is 33.1 Å². The normalized spacial score (nSPS) is 12.2. The molecule has 0 bridgehead atoms. The van der Waals surface area contributed by atoms with Crippen LogP contribution >= 0.6 is 0 Å². The lowest BCUT2D eigenvalue weighted by atomic mass is 10.0. The second kappa shape index (κ2) is 9.92. The van der Waals surface area contributed by atoms with E-state index in [4.69, 9.17) is 0 Å². The van der Waals surface area contributed by atoms with Gasteiger partial charge in [-0.2, -0.15) is 0 Å². The van der Waals surface area contributed by atoms with Crippen LogP contribution in [-0.2, 0) is 7.05 Å². The first kappa shape index (κ1) is 23.1. The zero-order valence-electron chi connectivity index (χ0n) is 19.9. The molecule has 0 amide bonds. The van der Waals surface area contributed by atoms with Gasteiger partial charge in [-0.25, -0.2) is 0 Å². The number of nitrogens with zero attached hydrogens (tertiary/aromatic N) is 1. The summed E-state index contributed by atoms with van der Waals surface area (Å²) in [6.45, 7) is 0. The van der Waals surface area contributed by atoms with E-state index in [1.54, 1.807) is 37.4 Å². The van der Waals surface area contributed by atoms with Crippen LogP contribution in [0.1, 0.15) is 28.4 Å². The fourth-order valence-electron chi connectivity index (χ4n) is 4.60. The first-order valence-electron chi connectivity index (χ1n) is 11.9. The summed E-state index contributed by atoms with van der Waals surface area (Å²) in [6, 6.07) is 31.2. The average molecular weight is 475 g/mol. The van der Waals surface area contributed by atoms with Gasteiger partial charge in [0.1, 0.15) is 11.3 Å². The molecule has 1 heterocycles. The molecular formula is C31H26N2O3. The van der Waals surface area contributed by atoms with Gasteiger partial charge in [0.15, 0.2) is 5.78 Å². The lowest BCUT2D eigenvalue weighted by molar-refractivity contribution is 0.104. The third kappa shape index (κ3) is 4.39. The second-order valence-electron chi connectivity index (χ2n) is 8.74. The van der Waals surface area contributed by atoms with Crippen LogP contribution in [0.3, 0.4) is 0 Å². The highest BCUT2D eigenvalue weighted by molar-refractivity contribution is 6.09. The molecule has 5 rings (SSSR count). The fraction of sp³-hybridized carbons (Fsp3) is 0.0968. The average Bonchev–Trinajstić information content (AvgIpc) is 2.92. The third-order valence-electron chi connectivity index (χ3n) is 6.48. The maximum absolute atomic E-state index is 13.1. The molecule has 1 atom stereocenters. The van der Waals surface area contributed by atoms with Crippen molar-refractivity contribution in [1.82, 2.24) is 4.57 Å². The zero-order chi connectivity index (χ0) is 25.1. The van der Waals surface area contributed by atoms with Crippen LogP contribution in [0.15, 0.2) is 114 Å². The maximum Gasteiger partial charge on any atom is 0.265 e. The Hall–Kier alpha value is -4.64. The molecule has 0 aliphatic heterocycles. The molecular weight excluding hydrogens is 448 g/mol. The number of allylic oxidation sites excluding steroid dienone is 1. The molecule has 0 unspecified atom stereocenters. The number of nitrogens with one attached hydrogen (secondary N) is 1. The summed E-state index contributed by atoms with van der Waals surface area (Å²) in [6.07, 6.45) is 3.64. The Balaban J connectivity index is 1.45. The number of benzene rings is 4. The molecule has 5 heteroatoms. The first-order chi connectivity index (χ1) is 17.5.